The van der Waals surface area contributed by atoms with E-state index >= 15 is 0 Å². The van der Waals surface area contributed by atoms with E-state index < -0.39 is 6.16 Å². The smallest absolute Gasteiger partial charge is 0.450 e. The molecule has 0 aliphatic heterocycles. The molecule has 0 aliphatic rings. The number of hydrogen-bond acceptors (Lipinski definition) is 1. The van der Waals surface area contributed by atoms with Gasteiger partial charge in [-0.25, -0.2) is 4.79 Å². The molecule has 0 saturated carbocycles. The van der Waals surface area contributed by atoms with Crippen LogP contribution in [-0.2, 0) is 0 Å². The second kappa shape index (κ2) is 23.3. The standard InChI is InChI=1S/CH2O3.Al.Ca.Mg.H2O/c2-1(3)4;;;;/h(H2,2,3,4);;;;1H2/q;+3;2*+2;. The summed E-state index contributed by atoms with van der Waals surface area (Å²) in [7, 11) is 0. The topological polar surface area (TPSA) is 89.0 Å². The Labute approximate surface area is 103 Å². The summed E-state index contributed by atoms with van der Waals surface area (Å²) >= 11 is 0. The van der Waals surface area contributed by atoms with Crippen molar-refractivity contribution in [3.05, 3.63) is 0 Å². The van der Waals surface area contributed by atoms with Crippen LogP contribution >= 0.6 is 0 Å². The summed E-state index contributed by atoms with van der Waals surface area (Å²) in [6.45, 7) is 0. The Balaban J connectivity index is -0.00000000750. The van der Waals surface area contributed by atoms with Crippen LogP contribution in [0.5, 0.6) is 0 Å². The molecule has 0 spiro atoms. The van der Waals surface area contributed by atoms with Crippen LogP contribution in [0.1, 0.15) is 0 Å². The zero-order valence-corrected chi connectivity index (χ0v) is 9.07. The zero-order chi connectivity index (χ0) is 3.58. The molecule has 0 unspecified atom stereocenters. The third-order valence-electron chi connectivity index (χ3n) is 0. The van der Waals surface area contributed by atoms with Gasteiger partial charge in [-0.2, -0.15) is 0 Å². The van der Waals surface area contributed by atoms with Crippen LogP contribution in [0.3, 0.4) is 0 Å². The Hall–Kier alpha value is 1.79. The molecule has 0 rings (SSSR count). The van der Waals surface area contributed by atoms with E-state index in [1.165, 1.54) is 0 Å². The summed E-state index contributed by atoms with van der Waals surface area (Å²) in [5.74, 6) is 0. The quantitative estimate of drug-likeness (QED) is 0.424. The largest absolute Gasteiger partial charge is 3.00 e. The van der Waals surface area contributed by atoms with E-state index in [1.54, 1.807) is 0 Å². The van der Waals surface area contributed by atoms with E-state index in [0.29, 0.717) is 0 Å². The van der Waals surface area contributed by atoms with Crippen molar-refractivity contribution in [2.45, 2.75) is 0 Å². The first-order valence-electron chi connectivity index (χ1n) is 0.651. The molecule has 0 aromatic heterocycles. The predicted octanol–water partition coefficient (Wildman–Crippen LogP) is -1.74. The molecule has 0 aromatic rings. The SMILES string of the molecule is O.O=C(O)O.[Al+3].[Ca+2].[Mg+2]. The fraction of sp³-hybridized carbons (Fsp3) is 0. The molecule has 32 valence electrons. The molecular weight excluding hydrogens is 167 g/mol. The Morgan fingerprint density at radius 3 is 1.25 bits per heavy atom. The molecule has 0 heterocycles. The van der Waals surface area contributed by atoms with Crippen molar-refractivity contribution in [3.63, 3.8) is 0 Å². The average Bonchev–Trinajstić information content (AvgIpc) is 0.811. The minimum atomic E-state index is -1.83. The van der Waals surface area contributed by atoms with Crippen molar-refractivity contribution in [3.8, 4) is 0 Å². The molecule has 0 aromatic carbocycles. The van der Waals surface area contributed by atoms with Gasteiger partial charge in [0.25, 0.3) is 0 Å². The molecule has 8 heavy (non-hydrogen) atoms. The third kappa shape index (κ3) is 112. The Morgan fingerprint density at radius 2 is 1.25 bits per heavy atom. The van der Waals surface area contributed by atoms with Crippen LogP contribution in [0.4, 0.5) is 4.79 Å². The Kier molecular flexibility index (Phi) is 95.8. The van der Waals surface area contributed by atoms with E-state index in [4.69, 9.17) is 15.0 Å². The van der Waals surface area contributed by atoms with Crippen molar-refractivity contribution >= 4 is 84.3 Å². The van der Waals surface area contributed by atoms with Gasteiger partial charge in [-0.15, -0.1) is 0 Å². The van der Waals surface area contributed by atoms with Gasteiger partial charge in [0, 0.05) is 0 Å². The van der Waals surface area contributed by atoms with E-state index in [1.807, 2.05) is 0 Å². The molecule has 0 atom stereocenters. The van der Waals surface area contributed by atoms with Gasteiger partial charge in [-0.1, -0.05) is 0 Å². The van der Waals surface area contributed by atoms with Crippen LogP contribution < -0.4 is 0 Å². The Bertz CT molecular complexity index is 39.0. The maximum atomic E-state index is 8.56. The van der Waals surface area contributed by atoms with Crippen LogP contribution in [-0.4, -0.2) is 100.0 Å². The maximum Gasteiger partial charge on any atom is 3.00 e. The fourth-order valence-electron chi connectivity index (χ4n) is 0. The van der Waals surface area contributed by atoms with Crippen LogP contribution in [0, 0.1) is 0 Å². The first kappa shape index (κ1) is 33.0. The van der Waals surface area contributed by atoms with E-state index in [2.05, 4.69) is 0 Å². The minimum Gasteiger partial charge on any atom is -0.450 e. The fourth-order valence-corrected chi connectivity index (χ4v) is 0. The number of hydrogen-bond donors (Lipinski definition) is 2. The monoisotopic (exact) mass is 171 g/mol. The summed E-state index contributed by atoms with van der Waals surface area (Å²) in [6.07, 6.45) is -1.83. The van der Waals surface area contributed by atoms with Gasteiger partial charge < -0.3 is 15.7 Å². The second-order valence-corrected chi connectivity index (χ2v) is 0.283. The number of carboxylic acid groups (broad SMARTS) is 2. The summed E-state index contributed by atoms with van der Waals surface area (Å²) < 4.78 is 0. The average molecular weight is 171 g/mol. The van der Waals surface area contributed by atoms with Crippen molar-refractivity contribution < 1.29 is 20.5 Å². The molecule has 0 saturated heterocycles. The predicted molar refractivity (Wildman–Crippen MR) is 31.5 cm³/mol. The van der Waals surface area contributed by atoms with Crippen LogP contribution in [0.25, 0.3) is 0 Å². The van der Waals surface area contributed by atoms with Crippen molar-refractivity contribution in [2.24, 2.45) is 0 Å². The molecular formula is CH4AlCaMgO4+7. The van der Waals surface area contributed by atoms with Crippen molar-refractivity contribution in [1.82, 2.24) is 0 Å². The summed E-state index contributed by atoms with van der Waals surface area (Å²) in [5.41, 5.74) is 0. The molecule has 0 radical (unpaired) electrons. The molecule has 0 aliphatic carbocycles. The van der Waals surface area contributed by atoms with Crippen LogP contribution in [0.15, 0.2) is 0 Å². The van der Waals surface area contributed by atoms with E-state index in [-0.39, 0.29) is 83.6 Å². The van der Waals surface area contributed by atoms with Gasteiger partial charge in [0.05, 0.1) is 0 Å². The van der Waals surface area contributed by atoms with Gasteiger partial charge in [-0.3, -0.25) is 0 Å². The third-order valence-corrected chi connectivity index (χ3v) is 0. The number of carbonyl (C=O) groups is 1. The summed E-state index contributed by atoms with van der Waals surface area (Å²) in [6, 6.07) is 0. The van der Waals surface area contributed by atoms with Gasteiger partial charge in [0.1, 0.15) is 0 Å². The molecule has 4 N–H and O–H groups in total. The van der Waals surface area contributed by atoms with Crippen molar-refractivity contribution in [1.29, 1.82) is 0 Å². The van der Waals surface area contributed by atoms with Crippen molar-refractivity contribution in [2.75, 3.05) is 0 Å². The molecule has 4 nitrogen and oxygen atoms in total. The Morgan fingerprint density at radius 1 is 1.25 bits per heavy atom. The first-order valence-corrected chi connectivity index (χ1v) is 0.651. The van der Waals surface area contributed by atoms with Gasteiger partial charge in [0.15, 0.2) is 0 Å². The molecule has 0 fully saturated rings. The van der Waals surface area contributed by atoms with E-state index in [9.17, 15) is 0 Å². The number of rotatable bonds is 0. The van der Waals surface area contributed by atoms with Crippen LogP contribution in [0.2, 0.25) is 0 Å². The first-order chi connectivity index (χ1) is 1.73. The van der Waals surface area contributed by atoms with E-state index in [0.717, 1.165) is 0 Å². The van der Waals surface area contributed by atoms with Gasteiger partial charge in [-0.05, 0) is 0 Å². The molecule has 7 heteroatoms. The maximum absolute atomic E-state index is 8.56. The zero-order valence-electron chi connectivity index (χ0n) is 4.29. The summed E-state index contributed by atoms with van der Waals surface area (Å²) in [4.78, 5) is 8.56. The normalized spacial score (nSPS) is 3.00. The minimum absolute atomic E-state index is 0. The van der Waals surface area contributed by atoms with Gasteiger partial charge in [0.2, 0.25) is 0 Å². The molecule has 0 amide bonds. The molecule has 0 bridgehead atoms. The second-order valence-electron chi connectivity index (χ2n) is 0.283. The summed E-state index contributed by atoms with van der Waals surface area (Å²) in [5, 5.41) is 13.9. The van der Waals surface area contributed by atoms with Gasteiger partial charge >= 0.3 is 84.3 Å².